The van der Waals surface area contributed by atoms with E-state index in [-0.39, 0.29) is 5.91 Å². The lowest BCUT2D eigenvalue weighted by atomic mass is 9.93. The Labute approximate surface area is 200 Å². The molecule has 2 N–H and O–H groups in total. The number of hydrogen-bond donors (Lipinski definition) is 2. The van der Waals surface area contributed by atoms with Gasteiger partial charge < -0.3 is 24.6 Å². The maximum atomic E-state index is 13.4. The van der Waals surface area contributed by atoms with Crippen LogP contribution in [0.1, 0.15) is 43.0 Å². The highest BCUT2D eigenvalue weighted by Crippen LogP contribution is 2.54. The van der Waals surface area contributed by atoms with Crippen molar-refractivity contribution in [2.75, 3.05) is 65.0 Å². The Balaban J connectivity index is 1.35. The first-order chi connectivity index (χ1) is 16.2. The summed E-state index contributed by atoms with van der Waals surface area (Å²) < 4.78 is 8.84. The predicted molar refractivity (Wildman–Crippen MR) is 137 cm³/mol. The van der Waals surface area contributed by atoms with Crippen LogP contribution in [-0.4, -0.2) is 56.0 Å². The van der Waals surface area contributed by atoms with Crippen molar-refractivity contribution >= 4 is 40.9 Å². The zero-order chi connectivity index (χ0) is 22.7. The van der Waals surface area contributed by atoms with Gasteiger partial charge in [0.25, 0.3) is 5.91 Å². The molecule has 0 atom stereocenters. The molecule has 0 bridgehead atoms. The fraction of sp³-hybridized carbons (Fsp3) is 0.520. The molecule has 1 spiro atoms. The molecular formula is C25H33N5O2S. The summed E-state index contributed by atoms with van der Waals surface area (Å²) in [6.07, 6.45) is 5.18. The van der Waals surface area contributed by atoms with Gasteiger partial charge in [-0.1, -0.05) is 24.9 Å². The molecule has 33 heavy (non-hydrogen) atoms. The second kappa shape index (κ2) is 9.81. The number of carbonyl (C=O) groups is 1. The standard InChI is InChI=1S/C25H33N5O2S/c1-2-33-28-19-6-7-20(21(18-19)29-12-10-25(8-9-25)11-13-29)24(31)27-22-4-3-5-23(26-22)30-14-16-32-17-15-30/h3-7,18,28H,2,8-17H2,1H3,(H,26,27,31). The molecule has 0 radical (unpaired) electrons. The molecule has 176 valence electrons. The van der Waals surface area contributed by atoms with E-state index < -0.39 is 0 Å². The Morgan fingerprint density at radius 1 is 1.06 bits per heavy atom. The summed E-state index contributed by atoms with van der Waals surface area (Å²) in [5, 5.41) is 3.05. The highest BCUT2D eigenvalue weighted by Gasteiger charge is 2.44. The fourth-order valence-corrected chi connectivity index (χ4v) is 5.19. The lowest BCUT2D eigenvalue weighted by Crippen LogP contribution is -2.37. The smallest absolute Gasteiger partial charge is 0.258 e. The minimum absolute atomic E-state index is 0.113. The lowest BCUT2D eigenvalue weighted by Gasteiger charge is -2.35. The molecular weight excluding hydrogens is 434 g/mol. The summed E-state index contributed by atoms with van der Waals surface area (Å²) in [5.41, 5.74) is 3.34. The van der Waals surface area contributed by atoms with Crippen LogP contribution < -0.4 is 19.8 Å². The number of morpholine rings is 1. The molecule has 3 heterocycles. The number of benzene rings is 1. The number of pyridine rings is 1. The second-order valence-corrected chi connectivity index (χ2v) is 10.3. The Kier molecular flexibility index (Phi) is 6.64. The molecule has 7 nitrogen and oxygen atoms in total. The zero-order valence-corrected chi connectivity index (χ0v) is 20.1. The van der Waals surface area contributed by atoms with Crippen LogP contribution in [0, 0.1) is 5.41 Å². The predicted octanol–water partition coefficient (Wildman–Crippen LogP) is 4.63. The third-order valence-electron chi connectivity index (χ3n) is 7.01. The highest BCUT2D eigenvalue weighted by atomic mass is 32.2. The molecule has 5 rings (SSSR count). The largest absolute Gasteiger partial charge is 0.378 e. The molecule has 1 saturated carbocycles. The van der Waals surface area contributed by atoms with Gasteiger partial charge in [0.1, 0.15) is 11.6 Å². The number of rotatable bonds is 7. The third-order valence-corrected chi connectivity index (χ3v) is 7.68. The van der Waals surface area contributed by atoms with Gasteiger partial charge in [-0.15, -0.1) is 0 Å². The van der Waals surface area contributed by atoms with Crippen LogP contribution in [0.4, 0.5) is 23.0 Å². The van der Waals surface area contributed by atoms with Crippen molar-refractivity contribution in [1.82, 2.24) is 4.98 Å². The molecule has 0 unspecified atom stereocenters. The fourth-order valence-electron chi connectivity index (χ4n) is 4.75. The average Bonchev–Trinajstić information content (AvgIpc) is 3.62. The topological polar surface area (TPSA) is 69.7 Å². The number of nitrogens with one attached hydrogen (secondary N) is 2. The molecule has 1 amide bonds. The summed E-state index contributed by atoms with van der Waals surface area (Å²) in [7, 11) is 0. The summed E-state index contributed by atoms with van der Waals surface area (Å²) in [5.74, 6) is 2.32. The van der Waals surface area contributed by atoms with E-state index in [9.17, 15) is 4.79 Å². The van der Waals surface area contributed by atoms with Crippen LogP contribution in [0.5, 0.6) is 0 Å². The molecule has 3 fully saturated rings. The summed E-state index contributed by atoms with van der Waals surface area (Å²) in [4.78, 5) is 22.7. The van der Waals surface area contributed by atoms with E-state index >= 15 is 0 Å². The second-order valence-electron chi connectivity index (χ2n) is 9.19. The van der Waals surface area contributed by atoms with E-state index in [0.29, 0.717) is 30.0 Å². The van der Waals surface area contributed by atoms with E-state index in [2.05, 4.69) is 32.8 Å². The van der Waals surface area contributed by atoms with Crippen molar-refractivity contribution in [1.29, 1.82) is 0 Å². The number of carbonyl (C=O) groups excluding carboxylic acids is 1. The van der Waals surface area contributed by atoms with Crippen LogP contribution in [-0.2, 0) is 4.74 Å². The number of nitrogens with zero attached hydrogens (tertiary/aromatic N) is 3. The van der Waals surface area contributed by atoms with Crippen molar-refractivity contribution in [3.8, 4) is 0 Å². The van der Waals surface area contributed by atoms with Crippen LogP contribution in [0.2, 0.25) is 0 Å². The first-order valence-electron chi connectivity index (χ1n) is 12.0. The van der Waals surface area contributed by atoms with Crippen molar-refractivity contribution in [2.45, 2.75) is 32.6 Å². The van der Waals surface area contributed by atoms with Gasteiger partial charge in [0, 0.05) is 37.6 Å². The van der Waals surface area contributed by atoms with Gasteiger partial charge in [0.05, 0.1) is 24.5 Å². The van der Waals surface area contributed by atoms with E-state index in [1.165, 1.54) is 25.7 Å². The Bertz CT molecular complexity index is 981. The minimum Gasteiger partial charge on any atom is -0.378 e. The van der Waals surface area contributed by atoms with E-state index in [4.69, 9.17) is 9.72 Å². The molecule has 2 aliphatic heterocycles. The molecule has 1 aromatic heterocycles. The van der Waals surface area contributed by atoms with Gasteiger partial charge in [-0.25, -0.2) is 4.98 Å². The summed E-state index contributed by atoms with van der Waals surface area (Å²) >= 11 is 1.67. The van der Waals surface area contributed by atoms with Crippen molar-refractivity contribution in [2.24, 2.45) is 5.41 Å². The van der Waals surface area contributed by atoms with Gasteiger partial charge in [-0.3, -0.25) is 4.79 Å². The molecule has 1 aliphatic carbocycles. The normalized spacial score (nSPS) is 19.4. The van der Waals surface area contributed by atoms with E-state index in [0.717, 1.165) is 49.1 Å². The monoisotopic (exact) mass is 467 g/mol. The zero-order valence-electron chi connectivity index (χ0n) is 19.3. The molecule has 2 aromatic rings. The first-order valence-corrected chi connectivity index (χ1v) is 13.0. The first kappa shape index (κ1) is 22.3. The van der Waals surface area contributed by atoms with E-state index in [1.54, 1.807) is 11.9 Å². The number of ether oxygens (including phenoxy) is 1. The summed E-state index contributed by atoms with van der Waals surface area (Å²) in [6, 6.07) is 11.8. The average molecular weight is 468 g/mol. The van der Waals surface area contributed by atoms with Gasteiger partial charge in [0.2, 0.25) is 0 Å². The maximum Gasteiger partial charge on any atom is 0.258 e. The number of piperidine rings is 1. The van der Waals surface area contributed by atoms with Gasteiger partial charge in [-0.05, 0) is 61.4 Å². The van der Waals surface area contributed by atoms with Gasteiger partial charge in [0.15, 0.2) is 0 Å². The number of hydrogen-bond acceptors (Lipinski definition) is 7. The number of aromatic nitrogens is 1. The number of amides is 1. The maximum absolute atomic E-state index is 13.4. The van der Waals surface area contributed by atoms with Crippen LogP contribution in [0.25, 0.3) is 0 Å². The van der Waals surface area contributed by atoms with Crippen molar-refractivity contribution in [3.63, 3.8) is 0 Å². The van der Waals surface area contributed by atoms with Crippen molar-refractivity contribution in [3.05, 3.63) is 42.0 Å². The van der Waals surface area contributed by atoms with Crippen molar-refractivity contribution < 1.29 is 9.53 Å². The third kappa shape index (κ3) is 5.22. The molecule has 8 heteroatoms. The summed E-state index contributed by atoms with van der Waals surface area (Å²) in [6.45, 7) is 7.18. The SMILES string of the molecule is CCSNc1ccc(C(=O)Nc2cccc(N3CCOCC3)n2)c(N2CCC3(CC2)CC3)c1. The Morgan fingerprint density at radius 3 is 2.58 bits per heavy atom. The van der Waals surface area contributed by atoms with E-state index in [1.807, 2.05) is 30.3 Å². The molecule has 1 aromatic carbocycles. The van der Waals surface area contributed by atoms with Crippen LogP contribution in [0.3, 0.4) is 0 Å². The Morgan fingerprint density at radius 2 is 1.85 bits per heavy atom. The highest BCUT2D eigenvalue weighted by molar-refractivity contribution is 8.00. The lowest BCUT2D eigenvalue weighted by molar-refractivity contribution is 0.102. The van der Waals surface area contributed by atoms with Gasteiger partial charge in [-0.2, -0.15) is 0 Å². The number of anilines is 4. The minimum atomic E-state index is -0.113. The van der Waals surface area contributed by atoms with Gasteiger partial charge >= 0.3 is 0 Å². The quantitative estimate of drug-likeness (QED) is 0.575. The van der Waals surface area contributed by atoms with Crippen LogP contribution in [0.15, 0.2) is 36.4 Å². The molecule has 2 saturated heterocycles. The molecule has 3 aliphatic rings. The van der Waals surface area contributed by atoms with Crippen LogP contribution >= 0.6 is 11.9 Å². The Hall–Kier alpha value is -2.45.